The molecular weight excluding hydrogens is 134 g/mol. The first-order chi connectivity index (χ1) is 5.31. The lowest BCUT2D eigenvalue weighted by Crippen LogP contribution is -1.71. The molecule has 0 N–H and O–H groups in total. The van der Waals surface area contributed by atoms with Crippen molar-refractivity contribution in [3.63, 3.8) is 0 Å². The van der Waals surface area contributed by atoms with E-state index in [1.165, 1.54) is 11.8 Å². The number of nitrogens with zero attached hydrogens (tertiary/aromatic N) is 1. The minimum Gasteiger partial charge on any atom is -0.265 e. The Kier molecular flexibility index (Phi) is 13.8. The monoisotopic (exact) mass is 153 g/mol. The Labute approximate surface area is 70.5 Å². The second kappa shape index (κ2) is 11.9. The fourth-order valence-corrected chi connectivity index (χ4v) is 0.349. The highest BCUT2D eigenvalue weighted by molar-refractivity contribution is 5.72. The number of aliphatic imine (C=N–C) groups is 1. The van der Waals surface area contributed by atoms with Crippen molar-refractivity contribution < 1.29 is 0 Å². The SMILES string of the molecule is C=CN=C/C=C(\C)CC.CC. The van der Waals surface area contributed by atoms with Crippen LogP contribution >= 0.6 is 0 Å². The first kappa shape index (κ1) is 12.8. The first-order valence-electron chi connectivity index (χ1n) is 4.11. The van der Waals surface area contributed by atoms with Gasteiger partial charge in [-0.15, -0.1) is 0 Å². The standard InChI is InChI=1S/C8H13N.C2H6/c1-4-8(3)6-7-9-5-2;1-2/h5-7H,2,4H2,1,3H3;1-2H3/b8-6+,9-7?;. The molecule has 11 heavy (non-hydrogen) atoms. The molecule has 0 aliphatic heterocycles. The normalized spacial score (nSPS) is 10.7. The van der Waals surface area contributed by atoms with Crippen LogP contribution in [0.15, 0.2) is 29.4 Å². The predicted octanol–water partition coefficient (Wildman–Crippen LogP) is 3.58. The molecule has 0 aliphatic carbocycles. The van der Waals surface area contributed by atoms with E-state index >= 15 is 0 Å². The summed E-state index contributed by atoms with van der Waals surface area (Å²) in [6, 6.07) is 0. The summed E-state index contributed by atoms with van der Waals surface area (Å²) in [5.74, 6) is 0. The molecule has 64 valence electrons. The summed E-state index contributed by atoms with van der Waals surface area (Å²) in [5, 5.41) is 0. The second-order valence-corrected chi connectivity index (χ2v) is 1.85. The van der Waals surface area contributed by atoms with Crippen LogP contribution < -0.4 is 0 Å². The van der Waals surface area contributed by atoms with E-state index in [1.54, 1.807) is 6.21 Å². The van der Waals surface area contributed by atoms with Crippen molar-refractivity contribution in [3.05, 3.63) is 24.4 Å². The number of allylic oxidation sites excluding steroid dienone is 2. The van der Waals surface area contributed by atoms with Gasteiger partial charge in [0.15, 0.2) is 0 Å². The van der Waals surface area contributed by atoms with Crippen molar-refractivity contribution in [2.24, 2.45) is 4.99 Å². The highest BCUT2D eigenvalue weighted by atomic mass is 14.6. The molecule has 0 aliphatic rings. The van der Waals surface area contributed by atoms with E-state index in [0.29, 0.717) is 0 Å². The summed E-state index contributed by atoms with van der Waals surface area (Å²) in [4.78, 5) is 3.82. The van der Waals surface area contributed by atoms with Gasteiger partial charge in [0.2, 0.25) is 0 Å². The van der Waals surface area contributed by atoms with Crippen LogP contribution in [0.4, 0.5) is 0 Å². The van der Waals surface area contributed by atoms with E-state index in [1.807, 2.05) is 19.9 Å². The van der Waals surface area contributed by atoms with E-state index in [2.05, 4.69) is 25.4 Å². The fraction of sp³-hybridized carbons (Fsp3) is 0.500. The molecule has 0 fully saturated rings. The third-order valence-corrected chi connectivity index (χ3v) is 1.11. The van der Waals surface area contributed by atoms with Crippen molar-refractivity contribution in [2.45, 2.75) is 34.1 Å². The Morgan fingerprint density at radius 2 is 2.00 bits per heavy atom. The van der Waals surface area contributed by atoms with Gasteiger partial charge in [-0.05, 0) is 19.4 Å². The summed E-state index contributed by atoms with van der Waals surface area (Å²) in [6.45, 7) is 11.7. The van der Waals surface area contributed by atoms with Gasteiger partial charge in [-0.3, -0.25) is 4.99 Å². The largest absolute Gasteiger partial charge is 0.265 e. The minimum absolute atomic E-state index is 1.09. The van der Waals surface area contributed by atoms with Gasteiger partial charge in [-0.2, -0.15) is 0 Å². The smallest absolute Gasteiger partial charge is 0.0266 e. The third-order valence-electron chi connectivity index (χ3n) is 1.11. The predicted molar refractivity (Wildman–Crippen MR) is 54.1 cm³/mol. The minimum atomic E-state index is 1.09. The zero-order valence-electron chi connectivity index (χ0n) is 8.09. The van der Waals surface area contributed by atoms with Crippen LogP contribution in [0.3, 0.4) is 0 Å². The molecule has 0 aromatic rings. The van der Waals surface area contributed by atoms with Crippen molar-refractivity contribution in [1.29, 1.82) is 0 Å². The van der Waals surface area contributed by atoms with Crippen molar-refractivity contribution in [2.75, 3.05) is 0 Å². The van der Waals surface area contributed by atoms with E-state index in [0.717, 1.165) is 6.42 Å². The molecule has 0 spiro atoms. The molecular formula is C10H19N. The third kappa shape index (κ3) is 12.4. The summed E-state index contributed by atoms with van der Waals surface area (Å²) < 4.78 is 0. The molecule has 0 rings (SSSR count). The maximum absolute atomic E-state index is 3.82. The van der Waals surface area contributed by atoms with Crippen LogP contribution in [-0.4, -0.2) is 6.21 Å². The average molecular weight is 153 g/mol. The Bertz CT molecular complexity index is 132. The molecule has 0 aromatic heterocycles. The van der Waals surface area contributed by atoms with Crippen LogP contribution in [0.25, 0.3) is 0 Å². The zero-order valence-corrected chi connectivity index (χ0v) is 8.09. The van der Waals surface area contributed by atoms with E-state index in [4.69, 9.17) is 0 Å². The Hall–Kier alpha value is -0.850. The quantitative estimate of drug-likeness (QED) is 0.549. The van der Waals surface area contributed by atoms with E-state index in [-0.39, 0.29) is 0 Å². The highest BCUT2D eigenvalue weighted by Gasteiger charge is 1.76. The maximum atomic E-state index is 3.82. The van der Waals surface area contributed by atoms with Gasteiger partial charge in [0, 0.05) is 12.4 Å². The van der Waals surface area contributed by atoms with Crippen molar-refractivity contribution >= 4 is 6.21 Å². The van der Waals surface area contributed by atoms with Gasteiger partial charge in [0.25, 0.3) is 0 Å². The number of hydrogen-bond donors (Lipinski definition) is 0. The Balaban J connectivity index is 0. The molecule has 0 saturated heterocycles. The van der Waals surface area contributed by atoms with Crippen LogP contribution in [0.5, 0.6) is 0 Å². The highest BCUT2D eigenvalue weighted by Crippen LogP contribution is 1.94. The van der Waals surface area contributed by atoms with Gasteiger partial charge in [-0.1, -0.05) is 32.9 Å². The molecule has 0 amide bonds. The van der Waals surface area contributed by atoms with Crippen molar-refractivity contribution in [3.8, 4) is 0 Å². The lowest BCUT2D eigenvalue weighted by molar-refractivity contribution is 1.10. The number of hydrogen-bond acceptors (Lipinski definition) is 1. The average Bonchev–Trinajstić information content (AvgIpc) is 2.08. The molecule has 0 aromatic carbocycles. The van der Waals surface area contributed by atoms with Crippen LogP contribution in [0.1, 0.15) is 34.1 Å². The molecule has 0 atom stereocenters. The Morgan fingerprint density at radius 1 is 1.45 bits per heavy atom. The maximum Gasteiger partial charge on any atom is 0.0266 e. The topological polar surface area (TPSA) is 12.4 Å². The van der Waals surface area contributed by atoms with Gasteiger partial charge >= 0.3 is 0 Å². The molecule has 1 heteroatoms. The van der Waals surface area contributed by atoms with Gasteiger partial charge in [0.1, 0.15) is 0 Å². The van der Waals surface area contributed by atoms with Crippen LogP contribution in [-0.2, 0) is 0 Å². The van der Waals surface area contributed by atoms with Crippen LogP contribution in [0.2, 0.25) is 0 Å². The van der Waals surface area contributed by atoms with Crippen LogP contribution in [0, 0.1) is 0 Å². The summed E-state index contributed by atoms with van der Waals surface area (Å²) >= 11 is 0. The van der Waals surface area contributed by atoms with Gasteiger partial charge in [0.05, 0.1) is 0 Å². The lowest BCUT2D eigenvalue weighted by atomic mass is 10.2. The molecule has 0 radical (unpaired) electrons. The molecule has 0 bridgehead atoms. The molecule has 0 unspecified atom stereocenters. The molecule has 0 saturated carbocycles. The van der Waals surface area contributed by atoms with E-state index < -0.39 is 0 Å². The second-order valence-electron chi connectivity index (χ2n) is 1.85. The van der Waals surface area contributed by atoms with Gasteiger partial charge < -0.3 is 0 Å². The lowest BCUT2D eigenvalue weighted by Gasteiger charge is -1.86. The first-order valence-corrected chi connectivity index (χ1v) is 4.11. The zero-order chi connectivity index (χ0) is 9.11. The summed E-state index contributed by atoms with van der Waals surface area (Å²) in [5.41, 5.74) is 1.33. The summed E-state index contributed by atoms with van der Waals surface area (Å²) in [7, 11) is 0. The summed E-state index contributed by atoms with van der Waals surface area (Å²) in [6.07, 6.45) is 6.36. The molecule has 0 heterocycles. The van der Waals surface area contributed by atoms with E-state index in [9.17, 15) is 0 Å². The van der Waals surface area contributed by atoms with Gasteiger partial charge in [-0.25, -0.2) is 0 Å². The van der Waals surface area contributed by atoms with Crippen molar-refractivity contribution in [1.82, 2.24) is 0 Å². The molecule has 1 nitrogen and oxygen atoms in total. The fourth-order valence-electron chi connectivity index (χ4n) is 0.349. The Morgan fingerprint density at radius 3 is 2.36 bits per heavy atom. The number of rotatable bonds is 3.